The van der Waals surface area contributed by atoms with E-state index < -0.39 is 11.6 Å². The van der Waals surface area contributed by atoms with Gasteiger partial charge in [-0.15, -0.1) is 0 Å². The van der Waals surface area contributed by atoms with E-state index in [1.54, 1.807) is 0 Å². The van der Waals surface area contributed by atoms with Crippen molar-refractivity contribution < 1.29 is 25.0 Å². The zero-order valence-electron chi connectivity index (χ0n) is 7.08. The lowest BCUT2D eigenvalue weighted by Crippen LogP contribution is -2.39. The van der Waals surface area contributed by atoms with Crippen molar-refractivity contribution in [2.45, 2.75) is 39.3 Å². The molecule has 0 saturated heterocycles. The van der Waals surface area contributed by atoms with Crippen molar-refractivity contribution in [1.82, 2.24) is 0 Å². The molecule has 11 heavy (non-hydrogen) atoms. The first-order valence-corrected chi connectivity index (χ1v) is 3.17. The average molecular weight is 165 g/mol. The molecule has 0 rings (SSSR count). The van der Waals surface area contributed by atoms with Crippen molar-refractivity contribution in [3.63, 3.8) is 0 Å². The molecule has 0 atom stereocenters. The van der Waals surface area contributed by atoms with E-state index in [4.69, 9.17) is 9.99 Å². The summed E-state index contributed by atoms with van der Waals surface area (Å²) in [6.07, 6.45) is 0. The van der Waals surface area contributed by atoms with Crippen LogP contribution in [-0.4, -0.2) is 16.8 Å². The van der Waals surface area contributed by atoms with Crippen LogP contribution in [0.25, 0.3) is 0 Å². The van der Waals surface area contributed by atoms with Gasteiger partial charge in [0.1, 0.15) is 0 Å². The van der Waals surface area contributed by atoms with Crippen molar-refractivity contribution in [3.05, 3.63) is 0 Å². The molecule has 0 saturated carbocycles. The average Bonchev–Trinajstić information content (AvgIpc) is 1.86. The van der Waals surface area contributed by atoms with Crippen LogP contribution >= 0.6 is 0 Å². The van der Waals surface area contributed by atoms with Gasteiger partial charge in [0.15, 0.2) is 5.79 Å². The maximum atomic E-state index is 9.98. The molecule has 0 heterocycles. The molecule has 0 amide bonds. The molecule has 0 fully saturated rings. The third-order valence-corrected chi connectivity index (χ3v) is 0.912. The van der Waals surface area contributed by atoms with E-state index >= 15 is 0 Å². The summed E-state index contributed by atoms with van der Waals surface area (Å²) in [5.41, 5.74) is 0. The Morgan fingerprint density at radius 3 is 1.82 bits per heavy atom. The smallest absolute Gasteiger partial charge is 0.202 e. The second-order valence-corrected chi connectivity index (χ2v) is 3.08. The molecule has 5 nitrogen and oxygen atoms in total. The van der Waals surface area contributed by atoms with Gasteiger partial charge in [-0.25, -0.2) is 10.1 Å². The molecule has 0 unspecified atom stereocenters. The van der Waals surface area contributed by atoms with Gasteiger partial charge in [-0.2, -0.15) is 4.89 Å². The molecular weight excluding hydrogens is 152 g/mol. The Morgan fingerprint density at radius 2 is 1.55 bits per heavy atom. The summed E-state index contributed by atoms with van der Waals surface area (Å²) in [5.74, 6) is -2.56. The lowest BCUT2D eigenvalue weighted by atomic mass is 10.3. The van der Waals surface area contributed by atoms with Crippen LogP contribution in [0.5, 0.6) is 0 Å². The van der Waals surface area contributed by atoms with E-state index in [1.807, 2.05) is 0 Å². The molecule has 0 bridgehead atoms. The Kier molecular flexibility index (Phi) is 3.40. The fraction of sp³-hybridized carbons (Fsp3) is 1.00. The third kappa shape index (κ3) is 4.28. The van der Waals surface area contributed by atoms with E-state index in [2.05, 4.69) is 9.78 Å². The second kappa shape index (κ2) is 3.46. The van der Waals surface area contributed by atoms with Crippen LogP contribution in [0.15, 0.2) is 0 Å². The first kappa shape index (κ1) is 10.8. The quantitative estimate of drug-likeness (QED) is 0.387. The first-order valence-electron chi connectivity index (χ1n) is 3.17. The molecule has 0 aromatic carbocycles. The highest BCUT2D eigenvalue weighted by molar-refractivity contribution is 4.58. The van der Waals surface area contributed by atoms with Gasteiger partial charge in [0, 0.05) is 0 Å². The summed E-state index contributed by atoms with van der Waals surface area (Å²) in [6.45, 7) is 5.74. The zero-order chi connectivity index (χ0) is 9.12. The Morgan fingerprint density at radius 1 is 1.09 bits per heavy atom. The zero-order valence-corrected chi connectivity index (χ0v) is 7.08. The minimum Gasteiger partial charge on any atom is -0.313 e. The van der Waals surface area contributed by atoms with Crippen LogP contribution in [-0.2, 0) is 19.8 Å². The Balaban J connectivity index is 4.02. The largest absolute Gasteiger partial charge is 0.313 e. The van der Waals surface area contributed by atoms with Crippen molar-refractivity contribution in [2.75, 3.05) is 0 Å². The lowest BCUT2D eigenvalue weighted by molar-refractivity contribution is -0.494. The van der Waals surface area contributed by atoms with Gasteiger partial charge in [-0.05, 0) is 33.0 Å². The van der Waals surface area contributed by atoms with E-state index in [-0.39, 0.29) is 0 Å². The Bertz CT molecular complexity index is 106. The van der Waals surface area contributed by atoms with Gasteiger partial charge in [0.2, 0.25) is 5.79 Å². The van der Waals surface area contributed by atoms with Gasteiger partial charge in [-0.3, -0.25) is 0 Å². The molecule has 0 aliphatic rings. The number of hydrogen-bond acceptors (Lipinski definition) is 4. The van der Waals surface area contributed by atoms with E-state index in [1.165, 1.54) is 27.7 Å². The van der Waals surface area contributed by atoms with Crippen molar-refractivity contribution in [1.29, 1.82) is 0 Å². The molecule has 1 N–H and O–H groups in total. The minimum absolute atomic E-state index is 1.24. The molecular formula is C6H13O5. The normalized spacial score (nSPS) is 13.6. The van der Waals surface area contributed by atoms with Crippen LogP contribution in [0, 0.1) is 0 Å². The summed E-state index contributed by atoms with van der Waals surface area (Å²) in [4.78, 5) is 7.65. The van der Waals surface area contributed by atoms with Crippen LogP contribution < -0.4 is 0 Å². The Hall–Kier alpha value is -0.200. The number of ether oxygens (including phenoxy) is 1. The summed E-state index contributed by atoms with van der Waals surface area (Å²) in [7, 11) is 0. The van der Waals surface area contributed by atoms with Crippen LogP contribution in [0.4, 0.5) is 0 Å². The van der Waals surface area contributed by atoms with Gasteiger partial charge in [-0.1, -0.05) is 0 Å². The minimum atomic E-state index is -1.31. The fourth-order valence-electron chi connectivity index (χ4n) is 0.628. The molecule has 0 aromatic heterocycles. The van der Waals surface area contributed by atoms with E-state index in [9.17, 15) is 5.26 Å². The summed E-state index contributed by atoms with van der Waals surface area (Å²) < 4.78 is 4.92. The predicted octanol–water partition coefficient (Wildman–Crippen LogP) is 1.33. The lowest BCUT2D eigenvalue weighted by Gasteiger charge is -2.29. The monoisotopic (exact) mass is 165 g/mol. The molecule has 1 radical (unpaired) electrons. The van der Waals surface area contributed by atoms with E-state index in [0.717, 1.165) is 0 Å². The van der Waals surface area contributed by atoms with E-state index in [0.29, 0.717) is 0 Å². The third-order valence-electron chi connectivity index (χ3n) is 0.912. The highest BCUT2D eigenvalue weighted by atomic mass is 17.2. The summed E-state index contributed by atoms with van der Waals surface area (Å²) >= 11 is 0. The molecule has 0 aliphatic carbocycles. The number of hydrogen-bond donors (Lipinski definition) is 1. The Labute approximate surface area is 65.4 Å². The highest BCUT2D eigenvalue weighted by Crippen LogP contribution is 2.20. The second-order valence-electron chi connectivity index (χ2n) is 3.08. The maximum absolute atomic E-state index is 9.98. The molecule has 0 aliphatic heterocycles. The van der Waals surface area contributed by atoms with Crippen molar-refractivity contribution in [2.24, 2.45) is 0 Å². The van der Waals surface area contributed by atoms with Gasteiger partial charge < -0.3 is 4.74 Å². The van der Waals surface area contributed by atoms with Gasteiger partial charge >= 0.3 is 0 Å². The maximum Gasteiger partial charge on any atom is 0.202 e. The van der Waals surface area contributed by atoms with Crippen LogP contribution in [0.2, 0.25) is 0 Å². The first-order chi connectivity index (χ1) is 4.83. The topological polar surface area (TPSA) is 67.8 Å². The fourth-order valence-corrected chi connectivity index (χ4v) is 0.628. The van der Waals surface area contributed by atoms with Gasteiger partial charge in [0.05, 0.1) is 0 Å². The standard InChI is InChI=1S/C6H13O5/c1-5(2,10-7)9-6(3,4)11-8/h7H,1-4H3. The molecule has 67 valence electrons. The SMILES string of the molecule is CC(C)(O[O])OC(C)(C)OO. The predicted molar refractivity (Wildman–Crippen MR) is 34.7 cm³/mol. The van der Waals surface area contributed by atoms with Crippen molar-refractivity contribution >= 4 is 0 Å². The molecule has 5 heteroatoms. The molecule has 0 spiro atoms. The van der Waals surface area contributed by atoms with Crippen LogP contribution in [0.3, 0.4) is 0 Å². The van der Waals surface area contributed by atoms with Crippen LogP contribution in [0.1, 0.15) is 27.7 Å². The number of rotatable bonds is 4. The van der Waals surface area contributed by atoms with Crippen molar-refractivity contribution in [3.8, 4) is 0 Å². The highest BCUT2D eigenvalue weighted by Gasteiger charge is 2.31. The summed E-state index contributed by atoms with van der Waals surface area (Å²) in [6, 6.07) is 0. The summed E-state index contributed by atoms with van der Waals surface area (Å²) in [5, 5.41) is 18.3. The molecule has 0 aromatic rings. The van der Waals surface area contributed by atoms with Gasteiger partial charge in [0.25, 0.3) is 0 Å².